The van der Waals surface area contributed by atoms with E-state index in [1.807, 2.05) is 5.38 Å². The second kappa shape index (κ2) is 7.48. The maximum atomic E-state index is 13.7. The molecule has 1 aliphatic heterocycles. The molecule has 3 rings (SSSR count). The van der Waals surface area contributed by atoms with Crippen LogP contribution in [0.4, 0.5) is 9.52 Å². The lowest BCUT2D eigenvalue weighted by atomic mass is 10.2. The van der Waals surface area contributed by atoms with Crippen LogP contribution in [-0.4, -0.2) is 42.1 Å². The van der Waals surface area contributed by atoms with Gasteiger partial charge >= 0.3 is 0 Å². The van der Waals surface area contributed by atoms with Crippen molar-refractivity contribution in [3.63, 3.8) is 0 Å². The zero-order valence-electron chi connectivity index (χ0n) is 12.2. The largest absolute Gasteiger partial charge is 0.379 e. The van der Waals surface area contributed by atoms with Gasteiger partial charge in [0.15, 0.2) is 5.13 Å². The number of nitrogens with zero attached hydrogens (tertiary/aromatic N) is 2. The predicted octanol–water partition coefficient (Wildman–Crippen LogP) is 3.13. The van der Waals surface area contributed by atoms with Gasteiger partial charge in [0.2, 0.25) is 0 Å². The van der Waals surface area contributed by atoms with Crippen molar-refractivity contribution in [3.05, 3.63) is 45.1 Å². The number of hydrogen-bond acceptors (Lipinski definition) is 5. The minimum atomic E-state index is -0.559. The number of amides is 1. The van der Waals surface area contributed by atoms with Crippen molar-refractivity contribution in [3.8, 4) is 0 Å². The van der Waals surface area contributed by atoms with Crippen molar-refractivity contribution >= 4 is 38.3 Å². The summed E-state index contributed by atoms with van der Waals surface area (Å²) in [6.07, 6.45) is 0. The number of ether oxygens (including phenoxy) is 1. The summed E-state index contributed by atoms with van der Waals surface area (Å²) in [4.78, 5) is 18.8. The van der Waals surface area contributed by atoms with Gasteiger partial charge < -0.3 is 4.74 Å². The van der Waals surface area contributed by atoms with Gasteiger partial charge in [-0.3, -0.25) is 15.0 Å². The van der Waals surface area contributed by atoms with E-state index in [1.54, 1.807) is 6.07 Å². The molecule has 1 saturated heterocycles. The third-order valence-corrected chi connectivity index (χ3v) is 4.73. The van der Waals surface area contributed by atoms with E-state index in [1.165, 1.54) is 23.5 Å². The third kappa shape index (κ3) is 4.35. The van der Waals surface area contributed by atoms with E-state index < -0.39 is 11.7 Å². The Labute approximate surface area is 145 Å². The Morgan fingerprint density at radius 1 is 1.43 bits per heavy atom. The van der Waals surface area contributed by atoms with E-state index >= 15 is 0 Å². The summed E-state index contributed by atoms with van der Waals surface area (Å²) >= 11 is 4.57. The summed E-state index contributed by atoms with van der Waals surface area (Å²) in [6.45, 7) is 3.94. The van der Waals surface area contributed by atoms with E-state index in [9.17, 15) is 9.18 Å². The summed E-state index contributed by atoms with van der Waals surface area (Å²) in [5.74, 6) is -1.06. The Morgan fingerprint density at radius 2 is 2.22 bits per heavy atom. The van der Waals surface area contributed by atoms with Crippen molar-refractivity contribution in [1.29, 1.82) is 0 Å². The number of morpholine rings is 1. The number of carbonyl (C=O) groups is 1. The number of benzene rings is 1. The smallest absolute Gasteiger partial charge is 0.260 e. The van der Waals surface area contributed by atoms with Gasteiger partial charge in [0.25, 0.3) is 5.91 Å². The standard InChI is InChI=1S/C15H15BrFN3O2S/c16-10-1-2-13(17)12(7-10)14(21)19-15-18-11(9-23-15)8-20-3-5-22-6-4-20/h1-2,7,9H,3-6,8H2,(H,18,19,21). The van der Waals surface area contributed by atoms with Crippen molar-refractivity contribution in [1.82, 2.24) is 9.88 Å². The molecule has 122 valence electrons. The topological polar surface area (TPSA) is 54.5 Å². The molecule has 1 fully saturated rings. The number of anilines is 1. The lowest BCUT2D eigenvalue weighted by molar-refractivity contribution is 0.0337. The number of nitrogens with one attached hydrogen (secondary N) is 1. The molecule has 23 heavy (non-hydrogen) atoms. The van der Waals surface area contributed by atoms with Gasteiger partial charge in [-0.2, -0.15) is 0 Å². The number of halogens is 2. The quantitative estimate of drug-likeness (QED) is 0.857. The Bertz CT molecular complexity index is 704. The minimum Gasteiger partial charge on any atom is -0.379 e. The SMILES string of the molecule is O=C(Nc1nc(CN2CCOCC2)cs1)c1cc(Br)ccc1F. The molecule has 8 heteroatoms. The highest BCUT2D eigenvalue weighted by atomic mass is 79.9. The highest BCUT2D eigenvalue weighted by Gasteiger charge is 2.16. The average molecular weight is 400 g/mol. The molecule has 0 saturated carbocycles. The Morgan fingerprint density at radius 3 is 3.00 bits per heavy atom. The Hall–Kier alpha value is -1.35. The third-order valence-electron chi connectivity index (χ3n) is 3.43. The first-order valence-electron chi connectivity index (χ1n) is 7.13. The van der Waals surface area contributed by atoms with Crippen molar-refractivity contribution in [2.24, 2.45) is 0 Å². The fourth-order valence-electron chi connectivity index (χ4n) is 2.26. The molecule has 1 N–H and O–H groups in total. The summed E-state index contributed by atoms with van der Waals surface area (Å²) < 4.78 is 19.7. The summed E-state index contributed by atoms with van der Waals surface area (Å²) in [6, 6.07) is 4.26. The van der Waals surface area contributed by atoms with Crippen LogP contribution in [0, 0.1) is 5.82 Å². The predicted molar refractivity (Wildman–Crippen MR) is 90.3 cm³/mol. The first-order valence-corrected chi connectivity index (χ1v) is 8.80. The Kier molecular flexibility index (Phi) is 5.37. The van der Waals surface area contributed by atoms with E-state index in [2.05, 4.69) is 31.1 Å². The normalized spacial score (nSPS) is 15.6. The molecule has 5 nitrogen and oxygen atoms in total. The molecule has 1 aliphatic rings. The summed E-state index contributed by atoms with van der Waals surface area (Å²) in [5.41, 5.74) is 0.881. The van der Waals surface area contributed by atoms with Gasteiger partial charge in [-0.1, -0.05) is 15.9 Å². The molecular weight excluding hydrogens is 385 g/mol. The summed E-state index contributed by atoms with van der Waals surface area (Å²) in [7, 11) is 0. The minimum absolute atomic E-state index is 0.00990. The average Bonchev–Trinajstić information content (AvgIpc) is 2.97. The van der Waals surface area contributed by atoms with Gasteiger partial charge in [-0.05, 0) is 18.2 Å². The van der Waals surface area contributed by atoms with E-state index in [0.717, 1.165) is 38.5 Å². The zero-order valence-corrected chi connectivity index (χ0v) is 14.6. The number of aromatic nitrogens is 1. The maximum Gasteiger partial charge on any atom is 0.260 e. The van der Waals surface area contributed by atoms with Gasteiger partial charge in [0, 0.05) is 29.5 Å². The second-order valence-electron chi connectivity index (χ2n) is 5.11. The number of rotatable bonds is 4. The molecule has 1 amide bonds. The molecule has 0 atom stereocenters. The van der Waals surface area contributed by atoms with Gasteiger partial charge in [-0.15, -0.1) is 11.3 Å². The van der Waals surface area contributed by atoms with E-state index in [4.69, 9.17) is 4.74 Å². The molecule has 2 aromatic rings. The Balaban J connectivity index is 1.64. The maximum absolute atomic E-state index is 13.7. The van der Waals surface area contributed by atoms with Crippen LogP contribution in [0.3, 0.4) is 0 Å². The van der Waals surface area contributed by atoms with Crippen molar-refractivity contribution < 1.29 is 13.9 Å². The molecule has 0 bridgehead atoms. The fraction of sp³-hybridized carbons (Fsp3) is 0.333. The van der Waals surface area contributed by atoms with Crippen LogP contribution in [0.15, 0.2) is 28.1 Å². The monoisotopic (exact) mass is 399 g/mol. The number of hydrogen-bond donors (Lipinski definition) is 1. The van der Waals surface area contributed by atoms with Gasteiger partial charge in [-0.25, -0.2) is 9.37 Å². The lowest BCUT2D eigenvalue weighted by Crippen LogP contribution is -2.35. The number of carbonyl (C=O) groups excluding carboxylic acids is 1. The molecule has 2 heterocycles. The molecular formula is C15H15BrFN3O2S. The molecule has 0 unspecified atom stereocenters. The van der Waals surface area contributed by atoms with Crippen molar-refractivity contribution in [2.45, 2.75) is 6.54 Å². The highest BCUT2D eigenvalue weighted by molar-refractivity contribution is 9.10. The van der Waals surface area contributed by atoms with Gasteiger partial charge in [0.1, 0.15) is 5.82 Å². The van der Waals surface area contributed by atoms with Crippen LogP contribution >= 0.6 is 27.3 Å². The van der Waals surface area contributed by atoms with E-state index in [-0.39, 0.29) is 5.56 Å². The first kappa shape index (κ1) is 16.5. The lowest BCUT2D eigenvalue weighted by Gasteiger charge is -2.25. The van der Waals surface area contributed by atoms with Crippen molar-refractivity contribution in [2.75, 3.05) is 31.6 Å². The van der Waals surface area contributed by atoms with Crippen LogP contribution in [-0.2, 0) is 11.3 Å². The van der Waals surface area contributed by atoms with Crippen LogP contribution in [0.2, 0.25) is 0 Å². The molecule has 1 aromatic heterocycles. The van der Waals surface area contributed by atoms with Crippen LogP contribution in [0.1, 0.15) is 16.1 Å². The highest BCUT2D eigenvalue weighted by Crippen LogP contribution is 2.20. The molecule has 1 aromatic carbocycles. The van der Waals surface area contributed by atoms with Crippen LogP contribution in [0.25, 0.3) is 0 Å². The van der Waals surface area contributed by atoms with Crippen LogP contribution < -0.4 is 5.32 Å². The summed E-state index contributed by atoms with van der Waals surface area (Å²) in [5, 5.41) is 5.02. The molecule has 0 aliphatic carbocycles. The zero-order chi connectivity index (χ0) is 16.2. The van der Waals surface area contributed by atoms with Crippen LogP contribution in [0.5, 0.6) is 0 Å². The first-order chi connectivity index (χ1) is 11.1. The second-order valence-corrected chi connectivity index (χ2v) is 6.88. The van der Waals surface area contributed by atoms with E-state index in [0.29, 0.717) is 9.60 Å². The fourth-order valence-corrected chi connectivity index (χ4v) is 3.32. The number of thiazole rings is 1. The van der Waals surface area contributed by atoms with Gasteiger partial charge in [0.05, 0.1) is 24.5 Å². The molecule has 0 spiro atoms. The molecule has 0 radical (unpaired) electrons.